The van der Waals surface area contributed by atoms with Gasteiger partial charge in [-0.05, 0) is 17.9 Å². The molecule has 1 unspecified atom stereocenters. The minimum atomic E-state index is -0.0159. The van der Waals surface area contributed by atoms with Gasteiger partial charge in [-0.3, -0.25) is 0 Å². The van der Waals surface area contributed by atoms with E-state index >= 15 is 0 Å². The topological polar surface area (TPSA) is 26.0 Å². The Morgan fingerprint density at radius 1 is 1.15 bits per heavy atom. The van der Waals surface area contributed by atoms with E-state index < -0.39 is 0 Å². The molecule has 0 aliphatic rings. The van der Waals surface area contributed by atoms with Crippen LogP contribution in [0.5, 0.6) is 0 Å². The van der Waals surface area contributed by atoms with Crippen LogP contribution < -0.4 is 5.73 Å². The Bertz CT molecular complexity index is 231. The minimum Gasteiger partial charge on any atom is -0.320 e. The fourth-order valence-corrected chi connectivity index (χ4v) is 3.31. The second-order valence-electron chi connectivity index (χ2n) is 3.08. The molecule has 1 rings (SSSR count). The predicted molar refractivity (Wildman–Crippen MR) is 61.4 cm³/mol. The maximum Gasteiger partial charge on any atom is 0.0496 e. The highest BCUT2D eigenvalue weighted by molar-refractivity contribution is 7.57. The van der Waals surface area contributed by atoms with Gasteiger partial charge in [0.25, 0.3) is 0 Å². The molecular formula is C11H18NP. The normalized spacial score (nSPS) is 13.2. The van der Waals surface area contributed by atoms with Crippen molar-refractivity contribution in [2.24, 2.45) is 5.73 Å². The number of hydrogen-bond donors (Lipinski definition) is 1. The molecule has 1 atom stereocenters. The molecule has 1 aromatic rings. The number of nitrogens with two attached hydrogens (primary N) is 1. The molecule has 72 valence electrons. The average Bonchev–Trinajstić information content (AvgIpc) is 2.21. The maximum absolute atomic E-state index is 6.19. The van der Waals surface area contributed by atoms with Gasteiger partial charge in [-0.1, -0.05) is 52.1 Å². The average molecular weight is 195 g/mol. The summed E-state index contributed by atoms with van der Waals surface area (Å²) >= 11 is 0. The Kier molecular flexibility index (Phi) is 4.41. The van der Waals surface area contributed by atoms with E-state index in [2.05, 4.69) is 38.1 Å². The number of rotatable bonds is 4. The Labute approximate surface area is 82.1 Å². The van der Waals surface area contributed by atoms with Crippen LogP contribution in [0.2, 0.25) is 0 Å². The largest absolute Gasteiger partial charge is 0.320 e. The highest BCUT2D eigenvalue weighted by Gasteiger charge is 2.14. The lowest BCUT2D eigenvalue weighted by Gasteiger charge is -2.22. The minimum absolute atomic E-state index is 0.0159. The second kappa shape index (κ2) is 5.36. The summed E-state index contributed by atoms with van der Waals surface area (Å²) in [7, 11) is -0.0159. The van der Waals surface area contributed by atoms with Crippen LogP contribution >= 0.6 is 7.92 Å². The molecule has 0 aliphatic carbocycles. The third-order valence-electron chi connectivity index (χ3n) is 2.35. The summed E-state index contributed by atoms with van der Waals surface area (Å²) in [6.07, 6.45) is 2.45. The van der Waals surface area contributed by atoms with Crippen LogP contribution in [0, 0.1) is 0 Å². The molecule has 0 heterocycles. The van der Waals surface area contributed by atoms with Crippen LogP contribution in [-0.4, -0.2) is 12.3 Å². The van der Waals surface area contributed by atoms with Crippen molar-refractivity contribution in [2.45, 2.75) is 19.6 Å². The van der Waals surface area contributed by atoms with Gasteiger partial charge in [0.2, 0.25) is 0 Å². The van der Waals surface area contributed by atoms with Crippen molar-refractivity contribution in [3.05, 3.63) is 35.9 Å². The standard InChI is InChI=1S/C11H18NP/c1-3-13(4-2)11(12)10-8-6-5-7-9-10/h5-9,11H,3-4,12H2,1-2H3. The zero-order chi connectivity index (χ0) is 9.68. The van der Waals surface area contributed by atoms with Crippen molar-refractivity contribution >= 4 is 7.92 Å². The van der Waals surface area contributed by atoms with E-state index in [9.17, 15) is 0 Å². The maximum atomic E-state index is 6.19. The zero-order valence-corrected chi connectivity index (χ0v) is 9.30. The predicted octanol–water partition coefficient (Wildman–Crippen LogP) is 3.17. The third kappa shape index (κ3) is 2.79. The lowest BCUT2D eigenvalue weighted by Crippen LogP contribution is -2.10. The fourth-order valence-electron chi connectivity index (χ4n) is 1.48. The summed E-state index contributed by atoms with van der Waals surface area (Å²) in [6, 6.07) is 10.4. The van der Waals surface area contributed by atoms with Crippen LogP contribution in [0.25, 0.3) is 0 Å². The van der Waals surface area contributed by atoms with Gasteiger partial charge in [0, 0.05) is 5.78 Å². The number of benzene rings is 1. The summed E-state index contributed by atoms with van der Waals surface area (Å²) in [6.45, 7) is 4.47. The summed E-state index contributed by atoms with van der Waals surface area (Å²) in [5.41, 5.74) is 7.48. The first-order chi connectivity index (χ1) is 6.29. The Balaban J connectivity index is 2.72. The third-order valence-corrected chi connectivity index (χ3v) is 5.06. The molecule has 0 saturated heterocycles. The molecule has 0 bridgehead atoms. The molecule has 0 aliphatic heterocycles. The number of hydrogen-bond acceptors (Lipinski definition) is 1. The van der Waals surface area contributed by atoms with E-state index in [-0.39, 0.29) is 13.7 Å². The van der Waals surface area contributed by atoms with Gasteiger partial charge in [0.15, 0.2) is 0 Å². The van der Waals surface area contributed by atoms with E-state index in [1.165, 1.54) is 17.9 Å². The SMILES string of the molecule is CCP(CC)C(N)c1ccccc1. The fraction of sp³-hybridized carbons (Fsp3) is 0.455. The van der Waals surface area contributed by atoms with E-state index in [4.69, 9.17) is 5.73 Å². The van der Waals surface area contributed by atoms with Gasteiger partial charge >= 0.3 is 0 Å². The Hall–Kier alpha value is -0.390. The monoisotopic (exact) mass is 195 g/mol. The Morgan fingerprint density at radius 3 is 2.15 bits per heavy atom. The highest BCUT2D eigenvalue weighted by Crippen LogP contribution is 2.46. The van der Waals surface area contributed by atoms with E-state index in [1.54, 1.807) is 0 Å². The molecule has 0 amide bonds. The van der Waals surface area contributed by atoms with Crippen LogP contribution in [0.1, 0.15) is 25.2 Å². The van der Waals surface area contributed by atoms with Crippen molar-refractivity contribution < 1.29 is 0 Å². The van der Waals surface area contributed by atoms with Crippen molar-refractivity contribution in [2.75, 3.05) is 12.3 Å². The smallest absolute Gasteiger partial charge is 0.0496 e. The molecule has 2 heteroatoms. The van der Waals surface area contributed by atoms with E-state index in [0.717, 1.165) is 0 Å². The van der Waals surface area contributed by atoms with Crippen molar-refractivity contribution in [1.29, 1.82) is 0 Å². The van der Waals surface area contributed by atoms with Crippen LogP contribution in [0.15, 0.2) is 30.3 Å². The molecule has 13 heavy (non-hydrogen) atoms. The highest BCUT2D eigenvalue weighted by atomic mass is 31.1. The van der Waals surface area contributed by atoms with Crippen LogP contribution in [0.3, 0.4) is 0 Å². The van der Waals surface area contributed by atoms with Crippen LogP contribution in [-0.2, 0) is 0 Å². The Morgan fingerprint density at radius 2 is 1.69 bits per heavy atom. The summed E-state index contributed by atoms with van der Waals surface area (Å²) in [5, 5.41) is 0. The molecule has 0 aromatic heterocycles. The second-order valence-corrected chi connectivity index (χ2v) is 6.08. The molecule has 0 saturated carbocycles. The van der Waals surface area contributed by atoms with Crippen molar-refractivity contribution in [1.82, 2.24) is 0 Å². The van der Waals surface area contributed by atoms with Gasteiger partial charge in [-0.25, -0.2) is 0 Å². The van der Waals surface area contributed by atoms with E-state index in [1.807, 2.05) is 6.07 Å². The lowest BCUT2D eigenvalue weighted by atomic mass is 10.2. The molecule has 0 spiro atoms. The summed E-state index contributed by atoms with van der Waals surface area (Å²) in [5.74, 6) is 0.270. The lowest BCUT2D eigenvalue weighted by molar-refractivity contribution is 1.00. The van der Waals surface area contributed by atoms with Crippen molar-refractivity contribution in [3.8, 4) is 0 Å². The van der Waals surface area contributed by atoms with Crippen molar-refractivity contribution in [3.63, 3.8) is 0 Å². The molecule has 1 aromatic carbocycles. The molecule has 0 radical (unpaired) electrons. The molecule has 0 fully saturated rings. The molecule has 2 N–H and O–H groups in total. The van der Waals surface area contributed by atoms with Gasteiger partial charge in [-0.2, -0.15) is 0 Å². The molecule has 1 nitrogen and oxygen atoms in total. The first kappa shape index (κ1) is 10.7. The van der Waals surface area contributed by atoms with Gasteiger partial charge < -0.3 is 5.73 Å². The quantitative estimate of drug-likeness (QED) is 0.734. The van der Waals surface area contributed by atoms with Gasteiger partial charge in [0.1, 0.15) is 0 Å². The first-order valence-electron chi connectivity index (χ1n) is 4.84. The summed E-state index contributed by atoms with van der Waals surface area (Å²) in [4.78, 5) is 0. The molecular weight excluding hydrogens is 177 g/mol. The van der Waals surface area contributed by atoms with Gasteiger partial charge in [-0.15, -0.1) is 0 Å². The first-order valence-corrected chi connectivity index (χ1v) is 6.62. The zero-order valence-electron chi connectivity index (χ0n) is 8.40. The van der Waals surface area contributed by atoms with E-state index in [0.29, 0.717) is 0 Å². The van der Waals surface area contributed by atoms with Gasteiger partial charge in [0.05, 0.1) is 0 Å². The van der Waals surface area contributed by atoms with Crippen LogP contribution in [0.4, 0.5) is 0 Å². The summed E-state index contributed by atoms with van der Waals surface area (Å²) < 4.78 is 0.